The zero-order chi connectivity index (χ0) is 24.4. The molecule has 5 rings (SSSR count). The predicted octanol–water partition coefficient (Wildman–Crippen LogP) is 4.14. The lowest BCUT2D eigenvalue weighted by Crippen LogP contribution is -2.32. The molecule has 1 unspecified atom stereocenters. The second kappa shape index (κ2) is 9.09. The van der Waals surface area contributed by atoms with Crippen LogP contribution < -0.4 is 10.1 Å². The molecular weight excluding hydrogens is 440 g/mol. The van der Waals surface area contributed by atoms with Crippen molar-refractivity contribution in [1.82, 2.24) is 14.9 Å². The largest absolute Gasteiger partial charge is 0.456 e. The number of fused-ring (bicyclic) bond motifs is 7. The van der Waals surface area contributed by atoms with E-state index in [0.717, 1.165) is 16.7 Å². The minimum Gasteiger partial charge on any atom is -0.456 e. The van der Waals surface area contributed by atoms with E-state index in [0.29, 0.717) is 41.3 Å². The smallest absolute Gasteiger partial charge is 0.239 e. The summed E-state index contributed by atoms with van der Waals surface area (Å²) in [6, 6.07) is 22.9. The SMILES string of the molecule is CC1(O)c2ccc(C#N)c(c2)Oc2cccc(c2)-c2ccccc2CCNC(=O)Cn2cncc21. The molecule has 0 saturated carbocycles. The number of hydrogen-bond donors (Lipinski definition) is 2. The van der Waals surface area contributed by atoms with E-state index in [1.807, 2.05) is 48.5 Å². The molecule has 4 aromatic rings. The molecule has 1 aliphatic heterocycles. The van der Waals surface area contributed by atoms with Gasteiger partial charge >= 0.3 is 0 Å². The molecule has 0 radical (unpaired) electrons. The highest BCUT2D eigenvalue weighted by atomic mass is 16.5. The minimum atomic E-state index is -1.48. The van der Waals surface area contributed by atoms with Gasteiger partial charge in [0.25, 0.3) is 0 Å². The van der Waals surface area contributed by atoms with Crippen molar-refractivity contribution in [3.63, 3.8) is 0 Å². The highest BCUT2D eigenvalue weighted by Gasteiger charge is 2.31. The van der Waals surface area contributed by atoms with E-state index in [-0.39, 0.29) is 12.5 Å². The Balaban J connectivity index is 1.65. The van der Waals surface area contributed by atoms with Crippen molar-refractivity contribution in [2.75, 3.05) is 6.54 Å². The van der Waals surface area contributed by atoms with Gasteiger partial charge in [-0.05, 0) is 59.9 Å². The Bertz CT molecular complexity index is 1450. The van der Waals surface area contributed by atoms with E-state index in [1.165, 1.54) is 6.33 Å². The van der Waals surface area contributed by atoms with Crippen LogP contribution in [0.1, 0.15) is 29.3 Å². The zero-order valence-electron chi connectivity index (χ0n) is 19.2. The Kier molecular flexibility index (Phi) is 5.81. The summed E-state index contributed by atoms with van der Waals surface area (Å²) in [5.74, 6) is 0.741. The van der Waals surface area contributed by atoms with E-state index in [4.69, 9.17) is 4.74 Å². The summed E-state index contributed by atoms with van der Waals surface area (Å²) < 4.78 is 7.81. The van der Waals surface area contributed by atoms with Crippen molar-refractivity contribution in [3.8, 4) is 28.7 Å². The van der Waals surface area contributed by atoms with Crippen LogP contribution in [0.15, 0.2) is 79.3 Å². The number of rotatable bonds is 0. The first kappa shape index (κ1) is 22.4. The fraction of sp³-hybridized carbons (Fsp3) is 0.179. The lowest BCUT2D eigenvalue weighted by Gasteiger charge is -2.26. The average molecular weight is 465 g/mol. The van der Waals surface area contributed by atoms with Gasteiger partial charge in [0.1, 0.15) is 29.7 Å². The van der Waals surface area contributed by atoms with Gasteiger partial charge in [-0.15, -0.1) is 0 Å². The summed E-state index contributed by atoms with van der Waals surface area (Å²) in [5, 5.41) is 24.2. The molecule has 0 spiro atoms. The number of aliphatic hydroxyl groups is 1. The molecule has 7 nitrogen and oxygen atoms in total. The zero-order valence-corrected chi connectivity index (χ0v) is 19.2. The first-order valence-electron chi connectivity index (χ1n) is 11.4. The van der Waals surface area contributed by atoms with Gasteiger partial charge in [0.05, 0.1) is 23.8 Å². The van der Waals surface area contributed by atoms with E-state index in [9.17, 15) is 15.2 Å². The van der Waals surface area contributed by atoms with Gasteiger partial charge in [-0.3, -0.25) is 4.79 Å². The number of nitrogens with one attached hydrogen (secondary N) is 1. The normalized spacial score (nSPS) is 17.7. The van der Waals surface area contributed by atoms with E-state index in [1.54, 1.807) is 35.9 Å². The summed E-state index contributed by atoms with van der Waals surface area (Å²) in [7, 11) is 0. The molecule has 1 amide bonds. The fourth-order valence-electron chi connectivity index (χ4n) is 4.42. The fourth-order valence-corrected chi connectivity index (χ4v) is 4.42. The molecule has 4 bridgehead atoms. The van der Waals surface area contributed by atoms with Gasteiger partial charge in [-0.1, -0.05) is 42.5 Å². The van der Waals surface area contributed by atoms with Crippen LogP contribution in [-0.4, -0.2) is 27.1 Å². The van der Waals surface area contributed by atoms with Crippen LogP contribution in [0.25, 0.3) is 11.1 Å². The van der Waals surface area contributed by atoms with Gasteiger partial charge in [0.15, 0.2) is 0 Å². The second-order valence-corrected chi connectivity index (χ2v) is 8.69. The Morgan fingerprint density at radius 2 is 2.00 bits per heavy atom. The summed E-state index contributed by atoms with van der Waals surface area (Å²) in [5.41, 5.74) is 2.96. The summed E-state index contributed by atoms with van der Waals surface area (Å²) in [4.78, 5) is 16.9. The van der Waals surface area contributed by atoms with Gasteiger partial charge in [-0.25, -0.2) is 4.98 Å². The maximum atomic E-state index is 12.7. The van der Waals surface area contributed by atoms with E-state index in [2.05, 4.69) is 16.4 Å². The van der Waals surface area contributed by atoms with Crippen LogP contribution in [0.2, 0.25) is 0 Å². The number of aromatic nitrogens is 2. The topological polar surface area (TPSA) is 100 Å². The molecule has 2 heterocycles. The average Bonchev–Trinajstić information content (AvgIpc) is 3.33. The quantitative estimate of drug-likeness (QED) is 0.407. The van der Waals surface area contributed by atoms with Gasteiger partial charge in [0, 0.05) is 6.54 Å². The molecule has 3 aromatic carbocycles. The summed E-state index contributed by atoms with van der Waals surface area (Å²) in [6.07, 6.45) is 3.72. The van der Waals surface area contributed by atoms with Crippen LogP contribution in [-0.2, 0) is 23.4 Å². The molecule has 1 atom stereocenters. The Morgan fingerprint density at radius 1 is 1.14 bits per heavy atom. The molecule has 1 aromatic heterocycles. The second-order valence-electron chi connectivity index (χ2n) is 8.69. The molecule has 0 saturated heterocycles. The predicted molar refractivity (Wildman–Crippen MR) is 131 cm³/mol. The minimum absolute atomic E-state index is 0.0214. The lowest BCUT2D eigenvalue weighted by atomic mass is 9.91. The van der Waals surface area contributed by atoms with Crippen molar-refractivity contribution in [1.29, 1.82) is 5.26 Å². The highest BCUT2D eigenvalue weighted by molar-refractivity contribution is 5.76. The first-order chi connectivity index (χ1) is 17.0. The van der Waals surface area contributed by atoms with Gasteiger partial charge < -0.3 is 19.7 Å². The van der Waals surface area contributed by atoms with Crippen LogP contribution >= 0.6 is 0 Å². The number of hydrogen-bond acceptors (Lipinski definition) is 5. The molecule has 7 heteroatoms. The number of benzene rings is 3. The number of ether oxygens (including phenoxy) is 1. The highest BCUT2D eigenvalue weighted by Crippen LogP contribution is 2.35. The molecule has 1 aliphatic rings. The standard InChI is InChI=1S/C28H24N4O3/c1-28(34)22-10-9-21(15-29)25(14-22)35-23-7-4-6-20(13-23)24-8-3-2-5-19(24)11-12-31-27(33)17-32-18-30-16-26(28)32/h2-10,13-14,16,18,34H,11-12,17H2,1H3,(H,31,33). The third-order valence-corrected chi connectivity index (χ3v) is 6.30. The number of amides is 1. The number of carbonyl (C=O) groups is 1. The van der Waals surface area contributed by atoms with Crippen molar-refractivity contribution in [3.05, 3.63) is 102 Å². The van der Waals surface area contributed by atoms with Crippen LogP contribution in [0.3, 0.4) is 0 Å². The molecule has 35 heavy (non-hydrogen) atoms. The summed E-state index contributed by atoms with van der Waals surface area (Å²) >= 11 is 0. The lowest BCUT2D eigenvalue weighted by molar-refractivity contribution is -0.121. The van der Waals surface area contributed by atoms with E-state index < -0.39 is 5.60 Å². The van der Waals surface area contributed by atoms with Crippen molar-refractivity contribution >= 4 is 5.91 Å². The molecule has 174 valence electrons. The molecular formula is C28H24N4O3. The summed E-state index contributed by atoms with van der Waals surface area (Å²) in [6.45, 7) is 2.13. The van der Waals surface area contributed by atoms with Crippen LogP contribution in [0, 0.1) is 11.3 Å². The van der Waals surface area contributed by atoms with Crippen LogP contribution in [0.5, 0.6) is 11.5 Å². The first-order valence-corrected chi connectivity index (χ1v) is 11.4. The Morgan fingerprint density at radius 3 is 2.86 bits per heavy atom. The Hall–Kier alpha value is -4.41. The van der Waals surface area contributed by atoms with Gasteiger partial charge in [-0.2, -0.15) is 5.26 Å². The molecule has 0 aliphatic carbocycles. The number of nitrogens with zero attached hydrogens (tertiary/aromatic N) is 3. The number of nitriles is 1. The monoisotopic (exact) mass is 464 g/mol. The molecule has 0 fully saturated rings. The maximum absolute atomic E-state index is 12.7. The van der Waals surface area contributed by atoms with Crippen molar-refractivity contribution in [2.24, 2.45) is 0 Å². The van der Waals surface area contributed by atoms with Crippen molar-refractivity contribution < 1.29 is 14.6 Å². The Labute approximate surface area is 203 Å². The molecule has 2 N–H and O–H groups in total. The third-order valence-electron chi connectivity index (χ3n) is 6.30. The van der Waals surface area contributed by atoms with E-state index >= 15 is 0 Å². The van der Waals surface area contributed by atoms with Gasteiger partial charge in [0.2, 0.25) is 5.91 Å². The number of carbonyl (C=O) groups excluding carboxylic acids is 1. The maximum Gasteiger partial charge on any atom is 0.239 e. The number of imidazole rings is 1. The third kappa shape index (κ3) is 4.39. The van der Waals surface area contributed by atoms with Crippen molar-refractivity contribution in [2.45, 2.75) is 25.5 Å². The van der Waals surface area contributed by atoms with Crippen LogP contribution in [0.4, 0.5) is 0 Å².